The molecule has 2 rings (SSSR count). The summed E-state index contributed by atoms with van der Waals surface area (Å²) in [7, 11) is 5.77. The number of nitrogens with one attached hydrogen (secondary N) is 1. The minimum absolute atomic E-state index is 0. The zero-order valence-electron chi connectivity index (χ0n) is 17.4. The Bertz CT molecular complexity index is 575. The smallest absolute Gasteiger partial charge is 0.193 e. The van der Waals surface area contributed by atoms with Crippen molar-refractivity contribution in [1.29, 1.82) is 0 Å². The minimum atomic E-state index is 0. The van der Waals surface area contributed by atoms with Crippen molar-refractivity contribution in [3.05, 3.63) is 24.3 Å². The van der Waals surface area contributed by atoms with Crippen molar-refractivity contribution in [2.24, 2.45) is 4.99 Å². The van der Waals surface area contributed by atoms with Gasteiger partial charge in [0.2, 0.25) is 0 Å². The van der Waals surface area contributed by atoms with Crippen LogP contribution in [-0.2, 0) is 0 Å². The van der Waals surface area contributed by atoms with Crippen LogP contribution in [0.3, 0.4) is 0 Å². The number of anilines is 1. The van der Waals surface area contributed by atoms with E-state index in [1.807, 2.05) is 13.1 Å². The summed E-state index contributed by atoms with van der Waals surface area (Å²) in [5, 5.41) is 3.52. The fourth-order valence-electron chi connectivity index (χ4n) is 3.19. The van der Waals surface area contributed by atoms with Crippen LogP contribution < -0.4 is 15.0 Å². The number of likely N-dealkylation sites (N-methyl/N-ethyl adjacent to an activating group) is 1. The number of benzene rings is 1. The van der Waals surface area contributed by atoms with Gasteiger partial charge in [0.25, 0.3) is 0 Å². The molecular weight excluding hydrogens is 453 g/mol. The molecule has 1 aromatic rings. The molecule has 1 unspecified atom stereocenters. The molecule has 1 aliphatic heterocycles. The molecule has 154 valence electrons. The Morgan fingerprint density at radius 3 is 2.59 bits per heavy atom. The summed E-state index contributed by atoms with van der Waals surface area (Å²) < 4.78 is 5.34. The molecule has 1 N–H and O–H groups in total. The van der Waals surface area contributed by atoms with Crippen molar-refractivity contribution in [3.8, 4) is 5.75 Å². The Hall–Kier alpha value is -1.22. The van der Waals surface area contributed by atoms with Crippen molar-refractivity contribution < 1.29 is 4.74 Å². The van der Waals surface area contributed by atoms with Crippen LogP contribution >= 0.6 is 24.0 Å². The van der Waals surface area contributed by atoms with Gasteiger partial charge in [-0.2, -0.15) is 0 Å². The molecule has 1 heterocycles. The third kappa shape index (κ3) is 7.03. The number of piperazine rings is 1. The highest BCUT2D eigenvalue weighted by Crippen LogP contribution is 2.22. The molecule has 1 aromatic carbocycles. The van der Waals surface area contributed by atoms with Gasteiger partial charge in [-0.05, 0) is 32.5 Å². The lowest BCUT2D eigenvalue weighted by atomic mass is 10.2. The first-order valence-corrected chi connectivity index (χ1v) is 9.63. The first-order valence-electron chi connectivity index (χ1n) is 9.63. The molecule has 0 aliphatic carbocycles. The predicted octanol–water partition coefficient (Wildman–Crippen LogP) is 2.74. The second-order valence-electron chi connectivity index (χ2n) is 6.89. The summed E-state index contributed by atoms with van der Waals surface area (Å²) in [5.74, 6) is 1.92. The van der Waals surface area contributed by atoms with E-state index >= 15 is 0 Å². The Kier molecular flexibility index (Phi) is 10.8. The van der Waals surface area contributed by atoms with Crippen LogP contribution in [0, 0.1) is 0 Å². The Morgan fingerprint density at radius 2 is 2.00 bits per heavy atom. The molecular formula is C20H36IN5O. The summed E-state index contributed by atoms with van der Waals surface area (Å²) in [6, 6.07) is 8.91. The predicted molar refractivity (Wildman–Crippen MR) is 126 cm³/mol. The molecule has 0 aromatic heterocycles. The van der Waals surface area contributed by atoms with Gasteiger partial charge in [0, 0.05) is 64.1 Å². The van der Waals surface area contributed by atoms with Gasteiger partial charge in [0.05, 0.1) is 7.11 Å². The summed E-state index contributed by atoms with van der Waals surface area (Å²) in [4.78, 5) is 11.6. The number of hydrogen-bond acceptors (Lipinski definition) is 4. The number of hydrogen-bond donors (Lipinski definition) is 1. The van der Waals surface area contributed by atoms with Crippen molar-refractivity contribution in [1.82, 2.24) is 15.1 Å². The van der Waals surface area contributed by atoms with E-state index in [1.54, 1.807) is 7.11 Å². The third-order valence-corrected chi connectivity index (χ3v) is 5.30. The van der Waals surface area contributed by atoms with Gasteiger partial charge in [-0.25, -0.2) is 0 Å². The van der Waals surface area contributed by atoms with E-state index in [0.29, 0.717) is 6.04 Å². The van der Waals surface area contributed by atoms with E-state index in [2.05, 4.69) is 64.1 Å². The average Bonchev–Trinajstić information content (AvgIpc) is 2.70. The molecule has 0 bridgehead atoms. The minimum Gasteiger partial charge on any atom is -0.497 e. The molecule has 1 atom stereocenters. The third-order valence-electron chi connectivity index (χ3n) is 5.30. The van der Waals surface area contributed by atoms with E-state index in [9.17, 15) is 0 Å². The van der Waals surface area contributed by atoms with E-state index in [0.717, 1.165) is 51.0 Å². The average molecular weight is 489 g/mol. The lowest BCUT2D eigenvalue weighted by Gasteiger charge is -2.38. The SMILES string of the molecule is CCC(C)N(C)CCNC(=NC)N1CCN(c2cccc(OC)c2)CC1.I. The zero-order chi connectivity index (χ0) is 18.9. The summed E-state index contributed by atoms with van der Waals surface area (Å²) in [6.07, 6.45) is 1.18. The lowest BCUT2D eigenvalue weighted by molar-refractivity contribution is 0.254. The second kappa shape index (κ2) is 12.3. The molecule has 1 aliphatic rings. The topological polar surface area (TPSA) is 43.3 Å². The number of rotatable bonds is 7. The first-order chi connectivity index (χ1) is 12.6. The second-order valence-corrected chi connectivity index (χ2v) is 6.89. The van der Waals surface area contributed by atoms with Crippen LogP contribution in [0.4, 0.5) is 5.69 Å². The Balaban J connectivity index is 0.00000364. The van der Waals surface area contributed by atoms with Gasteiger partial charge in [-0.1, -0.05) is 13.0 Å². The maximum atomic E-state index is 5.34. The van der Waals surface area contributed by atoms with E-state index in [1.165, 1.54) is 12.1 Å². The quantitative estimate of drug-likeness (QED) is 0.363. The van der Waals surface area contributed by atoms with Crippen molar-refractivity contribution in [3.63, 3.8) is 0 Å². The van der Waals surface area contributed by atoms with E-state index in [-0.39, 0.29) is 24.0 Å². The number of nitrogens with zero attached hydrogens (tertiary/aromatic N) is 4. The molecule has 6 nitrogen and oxygen atoms in total. The number of halogens is 1. The maximum Gasteiger partial charge on any atom is 0.193 e. The normalized spacial score (nSPS) is 16.1. The standard InChI is InChI=1S/C20H35N5O.HI/c1-6-17(2)23(4)11-10-22-20(21-3)25-14-12-24(13-15-25)18-8-7-9-19(16-18)26-5;/h7-9,16-17H,6,10-15H2,1-5H3,(H,21,22);1H. The van der Waals surface area contributed by atoms with Crippen molar-refractivity contribution in [2.45, 2.75) is 26.3 Å². The molecule has 0 saturated carbocycles. The summed E-state index contributed by atoms with van der Waals surface area (Å²) >= 11 is 0. The molecule has 1 saturated heterocycles. The van der Waals surface area contributed by atoms with Gasteiger partial charge < -0.3 is 24.8 Å². The zero-order valence-corrected chi connectivity index (χ0v) is 19.8. The summed E-state index contributed by atoms with van der Waals surface area (Å²) in [5.41, 5.74) is 1.22. The number of guanidine groups is 1. The number of methoxy groups -OCH3 is 1. The monoisotopic (exact) mass is 489 g/mol. The van der Waals surface area contributed by atoms with Gasteiger partial charge in [0.1, 0.15) is 5.75 Å². The fourth-order valence-corrected chi connectivity index (χ4v) is 3.19. The van der Waals surface area contributed by atoms with E-state index < -0.39 is 0 Å². The molecule has 0 amide bonds. The van der Waals surface area contributed by atoms with E-state index in [4.69, 9.17) is 4.74 Å². The highest BCUT2D eigenvalue weighted by Gasteiger charge is 2.20. The molecule has 7 heteroatoms. The Morgan fingerprint density at radius 1 is 1.30 bits per heavy atom. The molecule has 0 radical (unpaired) electrons. The fraction of sp³-hybridized carbons (Fsp3) is 0.650. The highest BCUT2D eigenvalue weighted by molar-refractivity contribution is 14.0. The highest BCUT2D eigenvalue weighted by atomic mass is 127. The Labute approximate surface area is 182 Å². The van der Waals surface area contributed by atoms with Gasteiger partial charge >= 0.3 is 0 Å². The van der Waals surface area contributed by atoms with Crippen molar-refractivity contribution in [2.75, 3.05) is 65.4 Å². The number of ether oxygens (including phenoxy) is 1. The molecule has 1 fully saturated rings. The van der Waals surface area contributed by atoms with Crippen molar-refractivity contribution >= 4 is 35.6 Å². The molecule has 27 heavy (non-hydrogen) atoms. The van der Waals surface area contributed by atoms with Crippen LogP contribution in [0.15, 0.2) is 29.3 Å². The number of aliphatic imine (C=N–C) groups is 1. The largest absolute Gasteiger partial charge is 0.497 e. The molecule has 0 spiro atoms. The van der Waals surface area contributed by atoms with Crippen LogP contribution in [0.25, 0.3) is 0 Å². The van der Waals surface area contributed by atoms with Crippen LogP contribution in [0.5, 0.6) is 5.75 Å². The van der Waals surface area contributed by atoms with Gasteiger partial charge in [-0.15, -0.1) is 24.0 Å². The van der Waals surface area contributed by atoms with Crippen LogP contribution in [0.1, 0.15) is 20.3 Å². The van der Waals surface area contributed by atoms with Gasteiger partial charge in [-0.3, -0.25) is 4.99 Å². The van der Waals surface area contributed by atoms with Gasteiger partial charge in [0.15, 0.2) is 5.96 Å². The van der Waals surface area contributed by atoms with Crippen LogP contribution in [-0.4, -0.2) is 82.3 Å². The first kappa shape index (κ1) is 23.8. The lowest BCUT2D eigenvalue weighted by Crippen LogP contribution is -2.53. The summed E-state index contributed by atoms with van der Waals surface area (Å²) in [6.45, 7) is 10.4. The maximum absolute atomic E-state index is 5.34. The van der Waals surface area contributed by atoms with Crippen LogP contribution in [0.2, 0.25) is 0 Å².